The Bertz CT molecular complexity index is 731. The molecule has 0 aromatic carbocycles. The molecule has 0 bridgehead atoms. The predicted octanol–water partition coefficient (Wildman–Crippen LogP) is 0.398. The molecule has 1 atom stereocenters. The summed E-state index contributed by atoms with van der Waals surface area (Å²) in [6.07, 6.45) is 0.384. The van der Waals surface area contributed by atoms with Crippen LogP contribution >= 0.6 is 11.3 Å². The Balaban J connectivity index is 1.96. The highest BCUT2D eigenvalue weighted by molar-refractivity contribution is 7.18. The Morgan fingerprint density at radius 1 is 1.52 bits per heavy atom. The number of nitrogens with one attached hydrogen (secondary N) is 1. The lowest BCUT2D eigenvalue weighted by Gasteiger charge is -2.34. The number of fused-ring (bicyclic) bond motifs is 1. The van der Waals surface area contributed by atoms with Crippen LogP contribution in [0.4, 0.5) is 10.6 Å². The lowest BCUT2D eigenvalue weighted by atomic mass is 10.2. The molecule has 1 unspecified atom stereocenters. The number of hydrogen-bond donors (Lipinski definition) is 3. The number of rotatable bonds is 2. The van der Waals surface area contributed by atoms with E-state index in [9.17, 15) is 14.7 Å². The summed E-state index contributed by atoms with van der Waals surface area (Å²) in [6, 6.07) is 1.81. The number of aromatic nitrogens is 2. The van der Waals surface area contributed by atoms with E-state index in [4.69, 9.17) is 5.73 Å². The largest absolute Gasteiger partial charge is 0.514 e. The average Bonchev–Trinajstić information content (AvgIpc) is 2.82. The Morgan fingerprint density at radius 2 is 2.33 bits per heavy atom. The fraction of sp³-hybridized carbons (Fsp3) is 0.333. The van der Waals surface area contributed by atoms with E-state index in [1.54, 1.807) is 0 Å². The first-order valence-corrected chi connectivity index (χ1v) is 7.17. The van der Waals surface area contributed by atoms with Gasteiger partial charge in [0.2, 0.25) is 0 Å². The third kappa shape index (κ3) is 2.41. The first-order valence-electron chi connectivity index (χ1n) is 6.35. The van der Waals surface area contributed by atoms with Crippen molar-refractivity contribution in [3.8, 4) is 0 Å². The zero-order chi connectivity index (χ0) is 15.0. The van der Waals surface area contributed by atoms with Crippen LogP contribution in [0.3, 0.4) is 0 Å². The van der Waals surface area contributed by atoms with Crippen molar-refractivity contribution < 1.29 is 19.2 Å². The number of nitrogens with zero attached hydrogens (tertiary/aromatic N) is 3. The number of piperazine rings is 1. The van der Waals surface area contributed by atoms with Crippen molar-refractivity contribution in [2.75, 3.05) is 25.4 Å². The van der Waals surface area contributed by atoms with Crippen molar-refractivity contribution >= 4 is 39.4 Å². The van der Waals surface area contributed by atoms with Crippen LogP contribution in [0.15, 0.2) is 12.4 Å². The fourth-order valence-corrected chi connectivity index (χ4v) is 3.60. The minimum Gasteiger partial charge on any atom is -0.435 e. The first-order chi connectivity index (χ1) is 10.00. The van der Waals surface area contributed by atoms with Gasteiger partial charge in [-0.25, -0.2) is 14.5 Å². The monoisotopic (exact) mass is 308 g/mol. The number of anilines is 1. The minimum absolute atomic E-state index is 0.0647. The average molecular weight is 308 g/mol. The summed E-state index contributed by atoms with van der Waals surface area (Å²) >= 11 is 1.38. The van der Waals surface area contributed by atoms with Crippen LogP contribution in [0.1, 0.15) is 4.88 Å². The summed E-state index contributed by atoms with van der Waals surface area (Å²) in [5.74, 6) is 0.129. The zero-order valence-corrected chi connectivity index (χ0v) is 11.9. The molecule has 110 valence electrons. The highest BCUT2D eigenvalue weighted by Gasteiger charge is 2.42. The molecule has 4 N–H and O–H groups in total. The molecule has 0 aliphatic carbocycles. The van der Waals surface area contributed by atoms with Gasteiger partial charge in [0, 0.05) is 0 Å². The van der Waals surface area contributed by atoms with Gasteiger partial charge >= 0.3 is 6.09 Å². The molecule has 1 aliphatic heterocycles. The molecular weight excluding hydrogens is 294 g/mol. The Kier molecular flexibility index (Phi) is 3.22. The molecule has 0 spiro atoms. The molecule has 2 aromatic heterocycles. The second-order valence-electron chi connectivity index (χ2n) is 5.01. The number of thiophene rings is 1. The second-order valence-corrected chi connectivity index (χ2v) is 6.12. The number of hydrogen-bond acceptors (Lipinski definition) is 6. The summed E-state index contributed by atoms with van der Waals surface area (Å²) in [7, 11) is 0. The minimum atomic E-state index is -0.999. The molecular formula is C12H14N5O3S+. The third-order valence-corrected chi connectivity index (χ3v) is 4.61. The first kappa shape index (κ1) is 13.7. The molecule has 21 heavy (non-hydrogen) atoms. The molecule has 8 nitrogen and oxygen atoms in total. The van der Waals surface area contributed by atoms with Crippen molar-refractivity contribution in [3.63, 3.8) is 0 Å². The molecule has 0 saturated carbocycles. The van der Waals surface area contributed by atoms with E-state index in [0.29, 0.717) is 18.9 Å². The molecule has 9 heteroatoms. The summed E-state index contributed by atoms with van der Waals surface area (Å²) in [5.41, 5.74) is 5.79. The SMILES string of the molecule is Nc1ncnc2sc(C[N+]3(C(=O)O)CCNC(=O)C3)cc12. The van der Waals surface area contributed by atoms with Crippen LogP contribution < -0.4 is 11.1 Å². The Hall–Kier alpha value is -2.26. The maximum atomic E-state index is 11.7. The van der Waals surface area contributed by atoms with Crippen LogP contribution in [0.5, 0.6) is 0 Å². The number of carbonyl (C=O) groups is 2. The number of nitrogen functional groups attached to an aromatic ring is 1. The van der Waals surface area contributed by atoms with Crippen LogP contribution in [-0.4, -0.2) is 51.2 Å². The van der Waals surface area contributed by atoms with Crippen LogP contribution in [0, 0.1) is 0 Å². The molecule has 1 aliphatic rings. The molecule has 2 amide bonds. The van der Waals surface area contributed by atoms with Crippen LogP contribution in [0.25, 0.3) is 10.2 Å². The van der Waals surface area contributed by atoms with Crippen molar-refractivity contribution in [1.29, 1.82) is 0 Å². The number of quaternary nitrogens is 1. The summed E-state index contributed by atoms with van der Waals surface area (Å²) in [4.78, 5) is 32.8. The summed E-state index contributed by atoms with van der Waals surface area (Å²) in [5, 5.41) is 12.9. The Morgan fingerprint density at radius 3 is 3.00 bits per heavy atom. The van der Waals surface area contributed by atoms with Gasteiger partial charge in [-0.05, 0) is 6.07 Å². The molecule has 2 aromatic rings. The van der Waals surface area contributed by atoms with Crippen LogP contribution in [-0.2, 0) is 11.3 Å². The van der Waals surface area contributed by atoms with E-state index in [0.717, 1.165) is 15.1 Å². The maximum Gasteiger partial charge on any atom is 0.514 e. The van der Waals surface area contributed by atoms with Crippen molar-refractivity contribution in [2.24, 2.45) is 0 Å². The van der Waals surface area contributed by atoms with Gasteiger partial charge in [-0.1, -0.05) is 0 Å². The molecule has 1 fully saturated rings. The van der Waals surface area contributed by atoms with Gasteiger partial charge in [0.15, 0.2) is 6.54 Å². The molecule has 0 radical (unpaired) electrons. The van der Waals surface area contributed by atoms with Crippen molar-refractivity contribution in [1.82, 2.24) is 15.3 Å². The van der Waals surface area contributed by atoms with Crippen molar-refractivity contribution in [3.05, 3.63) is 17.3 Å². The summed E-state index contributed by atoms with van der Waals surface area (Å²) in [6.45, 7) is 0.891. The standard InChI is InChI=1S/C12H13N5O3S/c13-10-8-3-7(21-11(8)16-6-15-10)4-17(12(19)20)2-1-14-9(18)5-17/h3,6H,1-2,4-5H2,(H3-,13,14,15,16,18,19,20)/p+1. The fourth-order valence-electron chi connectivity index (χ4n) is 2.49. The molecule has 3 rings (SSSR count). The smallest absolute Gasteiger partial charge is 0.435 e. The third-order valence-electron chi connectivity index (χ3n) is 3.58. The van der Waals surface area contributed by atoms with E-state index < -0.39 is 6.09 Å². The predicted molar refractivity (Wildman–Crippen MR) is 76.6 cm³/mol. The number of amides is 2. The quantitative estimate of drug-likeness (QED) is 0.691. The number of nitrogens with two attached hydrogens (primary N) is 1. The summed E-state index contributed by atoms with van der Waals surface area (Å²) < 4.78 is -0.300. The lowest BCUT2D eigenvalue weighted by Crippen LogP contribution is -2.62. The normalized spacial score (nSPS) is 22.2. The van der Waals surface area contributed by atoms with Gasteiger partial charge in [-0.15, -0.1) is 11.3 Å². The zero-order valence-electron chi connectivity index (χ0n) is 11.1. The van der Waals surface area contributed by atoms with Crippen LogP contribution in [0.2, 0.25) is 0 Å². The van der Waals surface area contributed by atoms with E-state index in [2.05, 4.69) is 15.3 Å². The van der Waals surface area contributed by atoms with E-state index in [1.807, 2.05) is 6.07 Å². The number of carbonyl (C=O) groups excluding carboxylic acids is 1. The highest BCUT2D eigenvalue weighted by atomic mass is 32.1. The van der Waals surface area contributed by atoms with Gasteiger partial charge in [0.05, 0.1) is 16.8 Å². The van der Waals surface area contributed by atoms with Gasteiger partial charge in [0.25, 0.3) is 5.91 Å². The number of carboxylic acid groups (broad SMARTS) is 1. The van der Waals surface area contributed by atoms with E-state index in [1.165, 1.54) is 17.7 Å². The lowest BCUT2D eigenvalue weighted by molar-refractivity contribution is -0.864. The van der Waals surface area contributed by atoms with E-state index >= 15 is 0 Å². The highest BCUT2D eigenvalue weighted by Crippen LogP contribution is 2.29. The van der Waals surface area contributed by atoms with Crippen molar-refractivity contribution in [2.45, 2.75) is 6.54 Å². The van der Waals surface area contributed by atoms with Gasteiger partial charge in [-0.3, -0.25) is 4.79 Å². The van der Waals surface area contributed by atoms with Gasteiger partial charge in [0.1, 0.15) is 30.1 Å². The maximum absolute atomic E-state index is 11.7. The van der Waals surface area contributed by atoms with Gasteiger partial charge in [-0.2, -0.15) is 4.79 Å². The molecule has 3 heterocycles. The topological polar surface area (TPSA) is 118 Å². The molecule has 1 saturated heterocycles. The van der Waals surface area contributed by atoms with Gasteiger partial charge < -0.3 is 16.2 Å². The van der Waals surface area contributed by atoms with E-state index in [-0.39, 0.29) is 23.5 Å². The second kappa shape index (κ2) is 4.93. The Labute approximate surface area is 123 Å².